The van der Waals surface area contributed by atoms with Gasteiger partial charge in [-0.1, -0.05) is 216 Å². The lowest BCUT2D eigenvalue weighted by atomic mass is 9.82. The molecule has 2 nitrogen and oxygen atoms in total. The first-order valence-electron chi connectivity index (χ1n) is 24.3. The maximum atomic E-state index is 2.52. The van der Waals surface area contributed by atoms with E-state index in [2.05, 4.69) is 292 Å². The highest BCUT2D eigenvalue weighted by Crippen LogP contribution is 2.52. The van der Waals surface area contributed by atoms with Crippen LogP contribution < -0.4 is 30.5 Å². The number of para-hydroxylation sites is 3. The lowest BCUT2D eigenvalue weighted by Gasteiger charge is -2.39. The summed E-state index contributed by atoms with van der Waals surface area (Å²) < 4.78 is 0. The predicted octanol–water partition coefficient (Wildman–Crippen LogP) is 14.6. The van der Waals surface area contributed by atoms with Crippen molar-refractivity contribution >= 4 is 62.9 Å². The van der Waals surface area contributed by atoms with Crippen molar-refractivity contribution in [3.8, 4) is 22.3 Å². The van der Waals surface area contributed by atoms with E-state index in [1.54, 1.807) is 0 Å². The summed E-state index contributed by atoms with van der Waals surface area (Å²) in [4.78, 5) is 4.97. The van der Waals surface area contributed by atoms with Crippen LogP contribution in [0, 0.1) is 0 Å². The van der Waals surface area contributed by atoms with Crippen molar-refractivity contribution in [3.63, 3.8) is 0 Å². The highest BCUT2D eigenvalue weighted by Gasteiger charge is 2.45. The van der Waals surface area contributed by atoms with Gasteiger partial charge in [0.1, 0.15) is 0 Å². The molecule has 12 rings (SSSR count). The van der Waals surface area contributed by atoms with Gasteiger partial charge in [-0.3, -0.25) is 0 Å². The van der Waals surface area contributed by atoms with Crippen molar-refractivity contribution in [2.45, 2.75) is 38.5 Å². The lowest BCUT2D eigenvalue weighted by molar-refractivity contribution is 0.660. The van der Waals surface area contributed by atoms with E-state index in [1.807, 2.05) is 0 Å². The summed E-state index contributed by atoms with van der Waals surface area (Å²) in [6, 6.07) is 95.4. The van der Waals surface area contributed by atoms with Gasteiger partial charge in [0.2, 0.25) is 0 Å². The Morgan fingerprint density at radius 1 is 0.275 bits per heavy atom. The fourth-order valence-corrected chi connectivity index (χ4v) is 16.9. The SMILES string of the molecule is CC1(C)c2ccccc2-c2cc(N(c3ccccc3)c3cccc([Si](c4ccccc4)(c4ccccc4)c4ccccc4N(c4ccccc4)c4ccc5c(c4)-c4ccccc4C5(C)C)c3)ccc21. The zero-order valence-electron chi connectivity index (χ0n) is 39.6. The van der Waals surface area contributed by atoms with Crippen molar-refractivity contribution in [3.05, 3.63) is 277 Å². The van der Waals surface area contributed by atoms with E-state index in [0.29, 0.717) is 0 Å². The van der Waals surface area contributed by atoms with Crippen LogP contribution in [0.5, 0.6) is 0 Å². The molecule has 0 bridgehead atoms. The molecular formula is C66H54N2Si. The van der Waals surface area contributed by atoms with Gasteiger partial charge in [-0.25, -0.2) is 0 Å². The highest BCUT2D eigenvalue weighted by atomic mass is 28.3. The Hall–Kier alpha value is -7.98. The molecule has 0 saturated heterocycles. The summed E-state index contributed by atoms with van der Waals surface area (Å²) in [5, 5.41) is 5.26. The number of rotatable bonds is 10. The molecule has 0 spiro atoms. The van der Waals surface area contributed by atoms with Crippen molar-refractivity contribution in [1.29, 1.82) is 0 Å². The molecule has 0 fully saturated rings. The molecule has 0 heterocycles. The first-order chi connectivity index (χ1) is 33.8. The highest BCUT2D eigenvalue weighted by molar-refractivity contribution is 7.20. The minimum absolute atomic E-state index is 0.0829. The smallest absolute Gasteiger partial charge is 0.181 e. The minimum Gasteiger partial charge on any atom is -0.311 e. The Kier molecular flexibility index (Phi) is 10.2. The number of fused-ring (bicyclic) bond motifs is 6. The van der Waals surface area contributed by atoms with Crippen LogP contribution in [0.4, 0.5) is 34.1 Å². The average Bonchev–Trinajstić information content (AvgIpc) is 3.77. The number of anilines is 6. The quantitative estimate of drug-likeness (QED) is 0.0997. The molecule has 10 aromatic rings. The zero-order valence-corrected chi connectivity index (χ0v) is 40.6. The molecule has 0 radical (unpaired) electrons. The summed E-state index contributed by atoms with van der Waals surface area (Å²) in [6.45, 7) is 9.43. The molecular weight excluding hydrogens is 849 g/mol. The van der Waals surface area contributed by atoms with Crippen molar-refractivity contribution in [2.24, 2.45) is 0 Å². The normalized spacial score (nSPS) is 13.7. The Labute approximate surface area is 408 Å². The van der Waals surface area contributed by atoms with E-state index in [9.17, 15) is 0 Å². The maximum absolute atomic E-state index is 3.20. The summed E-state index contributed by atoms with van der Waals surface area (Å²) >= 11 is 0. The summed E-state index contributed by atoms with van der Waals surface area (Å²) in [5.41, 5.74) is 17.3. The van der Waals surface area contributed by atoms with E-state index in [-0.39, 0.29) is 10.8 Å². The van der Waals surface area contributed by atoms with Crippen molar-refractivity contribution in [1.82, 2.24) is 0 Å². The molecule has 10 aromatic carbocycles. The molecule has 0 N–H and O–H groups in total. The Bertz CT molecular complexity index is 3470. The van der Waals surface area contributed by atoms with Crippen LogP contribution in [-0.2, 0) is 10.8 Å². The summed E-state index contributed by atoms with van der Waals surface area (Å²) in [5.74, 6) is 0. The van der Waals surface area contributed by atoms with Crippen LogP contribution in [0.1, 0.15) is 49.9 Å². The molecule has 0 unspecified atom stereocenters. The van der Waals surface area contributed by atoms with Crippen molar-refractivity contribution in [2.75, 3.05) is 9.80 Å². The van der Waals surface area contributed by atoms with Gasteiger partial charge >= 0.3 is 0 Å². The van der Waals surface area contributed by atoms with Crippen LogP contribution in [0.2, 0.25) is 0 Å². The molecule has 0 aliphatic heterocycles. The van der Waals surface area contributed by atoms with Crippen LogP contribution in [0.25, 0.3) is 22.3 Å². The van der Waals surface area contributed by atoms with Crippen LogP contribution in [0.15, 0.2) is 255 Å². The van der Waals surface area contributed by atoms with E-state index >= 15 is 0 Å². The van der Waals surface area contributed by atoms with E-state index in [1.165, 1.54) is 70.9 Å². The van der Waals surface area contributed by atoms with Gasteiger partial charge in [0, 0.05) is 45.0 Å². The van der Waals surface area contributed by atoms with E-state index in [0.717, 1.165) is 28.4 Å². The molecule has 0 amide bonds. The van der Waals surface area contributed by atoms with Gasteiger partial charge in [-0.2, -0.15) is 0 Å². The molecule has 0 saturated carbocycles. The molecule has 69 heavy (non-hydrogen) atoms. The zero-order chi connectivity index (χ0) is 46.7. The second-order valence-electron chi connectivity index (χ2n) is 19.7. The standard InChI is InChI=1S/C66H54N2Si/c1-65(2)59-36-19-17-34-55(59)57-45-50(40-42-61(57)65)67(47-24-9-5-10-25-47)49-28-23-33-54(44-49)69(52-29-13-7-14-30-52,53-31-15-8-16-32-53)64-39-22-21-38-63(64)68(48-26-11-6-12-27-48)51-41-43-62-58(46-51)56-35-18-20-37-60(56)66(62,3)4/h5-46H,1-4H3. The van der Waals surface area contributed by atoms with Crippen molar-refractivity contribution < 1.29 is 0 Å². The van der Waals surface area contributed by atoms with E-state index in [4.69, 9.17) is 0 Å². The molecule has 332 valence electrons. The average molecular weight is 903 g/mol. The Balaban J connectivity index is 1.11. The number of hydrogen-bond donors (Lipinski definition) is 0. The van der Waals surface area contributed by atoms with E-state index < -0.39 is 8.07 Å². The molecule has 2 aliphatic carbocycles. The molecule has 0 atom stereocenters. The monoisotopic (exact) mass is 902 g/mol. The summed E-state index contributed by atoms with van der Waals surface area (Å²) in [6.07, 6.45) is 0. The third-order valence-corrected chi connectivity index (χ3v) is 20.0. The predicted molar refractivity (Wildman–Crippen MR) is 295 cm³/mol. The Morgan fingerprint density at radius 3 is 1.19 bits per heavy atom. The van der Waals surface area contributed by atoms with Gasteiger partial charge in [-0.15, -0.1) is 0 Å². The Morgan fingerprint density at radius 2 is 0.652 bits per heavy atom. The van der Waals surface area contributed by atoms with Gasteiger partial charge < -0.3 is 9.80 Å². The fourth-order valence-electron chi connectivity index (χ4n) is 11.9. The third-order valence-electron chi connectivity index (χ3n) is 15.2. The second-order valence-corrected chi connectivity index (χ2v) is 23.5. The second kappa shape index (κ2) is 16.7. The van der Waals surface area contributed by atoms with Gasteiger partial charge in [0.05, 0.1) is 0 Å². The molecule has 2 aliphatic rings. The lowest BCUT2D eigenvalue weighted by Crippen LogP contribution is -2.75. The number of hydrogen-bond acceptors (Lipinski definition) is 2. The topological polar surface area (TPSA) is 6.48 Å². The number of benzene rings is 10. The summed E-state index contributed by atoms with van der Waals surface area (Å²) in [7, 11) is -3.20. The molecule has 0 aromatic heterocycles. The van der Waals surface area contributed by atoms with Gasteiger partial charge in [0.25, 0.3) is 0 Å². The van der Waals surface area contributed by atoms with Crippen LogP contribution >= 0.6 is 0 Å². The van der Waals surface area contributed by atoms with Gasteiger partial charge in [0.15, 0.2) is 8.07 Å². The largest absolute Gasteiger partial charge is 0.311 e. The fraction of sp³-hybridized carbons (Fsp3) is 0.0909. The maximum Gasteiger partial charge on any atom is 0.181 e. The number of nitrogens with zero attached hydrogens (tertiary/aromatic N) is 2. The van der Waals surface area contributed by atoms with Gasteiger partial charge in [-0.05, 0) is 132 Å². The third kappa shape index (κ3) is 6.75. The minimum atomic E-state index is -3.20. The molecule has 3 heteroatoms. The van der Waals surface area contributed by atoms with Crippen LogP contribution in [0.3, 0.4) is 0 Å². The first kappa shape index (κ1) is 42.4. The first-order valence-corrected chi connectivity index (χ1v) is 26.3. The van der Waals surface area contributed by atoms with Crippen LogP contribution in [-0.4, -0.2) is 8.07 Å².